The maximum Gasteiger partial charge on any atom is 0.309 e. The minimum absolute atomic E-state index is 1.46. The van der Waals surface area contributed by atoms with Gasteiger partial charge in [-0.2, -0.15) is 0 Å². The Hall–Kier alpha value is 1.54. The number of hydrogen-bond acceptors (Lipinski definition) is 1. The number of halogens is 3. The second-order valence-corrected chi connectivity index (χ2v) is 12.1. The standard InChI is InChI=1S/Cl2IOP/c1-5(2,3)4. The lowest BCUT2D eigenvalue weighted by molar-refractivity contribution is 0.601. The van der Waals surface area contributed by atoms with Crippen LogP contribution in [0.4, 0.5) is 0 Å². The molecule has 0 N–H and O–H groups in total. The fraction of sp³-hybridized carbons (Fsp3) is 0. The van der Waals surface area contributed by atoms with E-state index in [-0.39, 0.29) is 0 Å². The van der Waals surface area contributed by atoms with Gasteiger partial charge >= 0.3 is 3.49 Å². The highest BCUT2D eigenvalue weighted by molar-refractivity contribution is 14.2. The van der Waals surface area contributed by atoms with E-state index in [0.717, 1.165) is 0 Å². The Bertz CT molecular complexity index is 55.8. The number of rotatable bonds is 0. The Balaban J connectivity index is 3.47. The molecule has 5 heavy (non-hydrogen) atoms. The lowest BCUT2D eigenvalue weighted by atomic mass is 16.0. The monoisotopic (exact) mass is 244 g/mol. The highest BCUT2D eigenvalue weighted by atomic mass is 127. The van der Waals surface area contributed by atoms with Gasteiger partial charge < -0.3 is 0 Å². The van der Waals surface area contributed by atoms with Gasteiger partial charge in [-0.1, -0.05) is 0 Å². The van der Waals surface area contributed by atoms with Crippen molar-refractivity contribution in [2.45, 2.75) is 0 Å². The molecule has 0 amide bonds. The Kier molecular flexibility index (Phi) is 2.63. The molecule has 0 aromatic heterocycles. The van der Waals surface area contributed by atoms with Crippen molar-refractivity contribution in [1.29, 1.82) is 0 Å². The summed E-state index contributed by atoms with van der Waals surface area (Å²) in [4.78, 5) is 0. The molecule has 0 unspecified atom stereocenters. The quantitative estimate of drug-likeness (QED) is 0.473. The molecule has 0 saturated heterocycles. The normalized spacial score (nSPS) is 11.8. The van der Waals surface area contributed by atoms with Crippen LogP contribution in [0.1, 0.15) is 0 Å². The largest absolute Gasteiger partial charge is 0.309 e. The molecule has 0 aliphatic heterocycles. The first kappa shape index (κ1) is 6.54. The molecular weight excluding hydrogens is 245 g/mol. The smallest absolute Gasteiger partial charge is 0.278 e. The number of hydrogen-bond donors (Lipinski definition) is 0. The molecule has 0 heterocycles. The van der Waals surface area contributed by atoms with Crippen LogP contribution >= 0.6 is 48.0 Å². The minimum Gasteiger partial charge on any atom is -0.278 e. The summed E-state index contributed by atoms with van der Waals surface area (Å²) in [7, 11) is 0. The Morgan fingerprint density at radius 1 is 1.60 bits per heavy atom. The predicted octanol–water partition coefficient (Wildman–Crippen LogP) is 3.01. The first-order chi connectivity index (χ1) is 2.00. The van der Waals surface area contributed by atoms with Gasteiger partial charge in [0.25, 0.3) is 0 Å². The van der Waals surface area contributed by atoms with E-state index < -0.39 is 3.49 Å². The molecule has 32 valence electrons. The molecule has 0 bridgehead atoms. The summed E-state index contributed by atoms with van der Waals surface area (Å²) in [6, 6.07) is 0. The van der Waals surface area contributed by atoms with E-state index in [0.29, 0.717) is 0 Å². The lowest BCUT2D eigenvalue weighted by Crippen LogP contribution is -1.17. The van der Waals surface area contributed by atoms with E-state index in [1.54, 1.807) is 0 Å². The van der Waals surface area contributed by atoms with Crippen molar-refractivity contribution in [2.24, 2.45) is 0 Å². The first-order valence-electron chi connectivity index (χ1n) is 0.690. The molecule has 0 rings (SSSR count). The summed E-state index contributed by atoms with van der Waals surface area (Å²) < 4.78 is 7.01. The van der Waals surface area contributed by atoms with E-state index in [2.05, 4.69) is 0 Å². The van der Waals surface area contributed by atoms with Crippen molar-refractivity contribution < 1.29 is 4.57 Å². The van der Waals surface area contributed by atoms with Crippen LogP contribution in [-0.2, 0) is 4.57 Å². The summed E-state index contributed by atoms with van der Waals surface area (Å²) in [6.07, 6.45) is 0. The summed E-state index contributed by atoms with van der Waals surface area (Å²) >= 11 is 11.1. The van der Waals surface area contributed by atoms with E-state index in [4.69, 9.17) is 22.5 Å². The van der Waals surface area contributed by atoms with Crippen molar-refractivity contribution in [1.82, 2.24) is 0 Å². The van der Waals surface area contributed by atoms with Crippen LogP contribution < -0.4 is 0 Å². The second-order valence-electron chi connectivity index (χ2n) is 0.399. The molecule has 5 heteroatoms. The SMILES string of the molecule is O=P(Cl)(Cl)I. The van der Waals surface area contributed by atoms with Crippen molar-refractivity contribution in [2.75, 3.05) is 0 Å². The third-order valence-electron chi connectivity index (χ3n) is 0. The van der Waals surface area contributed by atoms with Crippen LogP contribution in [-0.4, -0.2) is 0 Å². The third-order valence-corrected chi connectivity index (χ3v) is 0. The third kappa shape index (κ3) is 29.3. The Morgan fingerprint density at radius 2 is 1.60 bits per heavy atom. The molecule has 0 fully saturated rings. The highest BCUT2D eigenvalue weighted by Gasteiger charge is 2.01. The van der Waals surface area contributed by atoms with Crippen molar-refractivity contribution in [3.05, 3.63) is 0 Å². The summed E-state index contributed by atoms with van der Waals surface area (Å²) in [5.41, 5.74) is 0. The van der Waals surface area contributed by atoms with E-state index >= 15 is 0 Å². The molecular formula is Cl2IOP. The zero-order valence-corrected chi connectivity index (χ0v) is 6.55. The van der Waals surface area contributed by atoms with Crippen LogP contribution in [0, 0.1) is 0 Å². The molecule has 0 aliphatic rings. The Morgan fingerprint density at radius 3 is 1.60 bits per heavy atom. The van der Waals surface area contributed by atoms with Crippen LogP contribution in [0.25, 0.3) is 0 Å². The van der Waals surface area contributed by atoms with Gasteiger partial charge in [-0.3, -0.25) is 4.57 Å². The van der Waals surface area contributed by atoms with Gasteiger partial charge in [0.2, 0.25) is 0 Å². The maximum atomic E-state index is 9.73. The minimum atomic E-state index is -2.72. The highest BCUT2D eigenvalue weighted by Crippen LogP contribution is 2.64. The molecule has 0 spiro atoms. The van der Waals surface area contributed by atoms with Crippen molar-refractivity contribution in [3.63, 3.8) is 0 Å². The average molecular weight is 245 g/mol. The van der Waals surface area contributed by atoms with Crippen LogP contribution in [0.5, 0.6) is 0 Å². The lowest BCUT2D eigenvalue weighted by Gasteiger charge is -1.75. The van der Waals surface area contributed by atoms with Crippen molar-refractivity contribution in [3.8, 4) is 0 Å². The topological polar surface area (TPSA) is 17.1 Å². The molecule has 0 atom stereocenters. The van der Waals surface area contributed by atoms with Crippen LogP contribution in [0.2, 0.25) is 0 Å². The molecule has 0 aromatic rings. The van der Waals surface area contributed by atoms with Gasteiger partial charge in [0, 0.05) is 22.0 Å². The zero-order valence-electron chi connectivity index (χ0n) is 1.99. The average Bonchev–Trinajstić information content (AvgIpc) is 0.722. The zero-order chi connectivity index (χ0) is 4.50. The molecule has 0 saturated carbocycles. The van der Waals surface area contributed by atoms with Crippen molar-refractivity contribution >= 4 is 48.0 Å². The van der Waals surface area contributed by atoms with E-state index in [1.165, 1.54) is 22.0 Å². The van der Waals surface area contributed by atoms with Gasteiger partial charge in [-0.15, -0.1) is 0 Å². The van der Waals surface area contributed by atoms with Gasteiger partial charge in [-0.05, 0) is 22.5 Å². The fourth-order valence-corrected chi connectivity index (χ4v) is 0. The second kappa shape index (κ2) is 2.01. The molecule has 0 radical (unpaired) electrons. The fourth-order valence-electron chi connectivity index (χ4n) is 0. The summed E-state index contributed by atoms with van der Waals surface area (Å²) in [5, 5.41) is 0. The first-order valence-corrected chi connectivity index (χ1v) is 6.99. The van der Waals surface area contributed by atoms with Gasteiger partial charge in [0.05, 0.1) is 0 Å². The van der Waals surface area contributed by atoms with Gasteiger partial charge in [-0.25, -0.2) is 0 Å². The molecule has 0 aliphatic carbocycles. The summed E-state index contributed by atoms with van der Waals surface area (Å²) in [6.45, 7) is 0. The van der Waals surface area contributed by atoms with E-state index in [1.807, 2.05) is 0 Å². The van der Waals surface area contributed by atoms with Gasteiger partial charge in [0.15, 0.2) is 0 Å². The van der Waals surface area contributed by atoms with Crippen LogP contribution in [0.15, 0.2) is 0 Å². The van der Waals surface area contributed by atoms with Gasteiger partial charge in [0.1, 0.15) is 0 Å². The van der Waals surface area contributed by atoms with Crippen LogP contribution in [0.3, 0.4) is 0 Å². The molecule has 1 nitrogen and oxygen atoms in total. The summed E-state index contributed by atoms with van der Waals surface area (Å²) in [5.74, 6) is 0. The Labute approximate surface area is 52.5 Å². The van der Waals surface area contributed by atoms with E-state index in [9.17, 15) is 4.57 Å². The predicted molar refractivity (Wildman–Crippen MR) is 33.3 cm³/mol. The molecule has 0 aromatic carbocycles. The maximum absolute atomic E-state index is 9.73.